The van der Waals surface area contributed by atoms with Crippen LogP contribution in [0.15, 0.2) is 0 Å². The SMILES string of the molecule is Cl.O=C(NC1CCNCC1)C1CCCN(C(=O)N2CCCC2)C1. The van der Waals surface area contributed by atoms with Gasteiger partial charge in [0.2, 0.25) is 5.91 Å². The van der Waals surface area contributed by atoms with Crippen LogP contribution in [0.5, 0.6) is 0 Å². The molecule has 6 nitrogen and oxygen atoms in total. The van der Waals surface area contributed by atoms with Crippen molar-refractivity contribution in [3.8, 4) is 0 Å². The molecule has 7 heteroatoms. The molecule has 0 aromatic heterocycles. The number of halogens is 1. The predicted octanol–water partition coefficient (Wildman–Crippen LogP) is 1.20. The highest BCUT2D eigenvalue weighted by Crippen LogP contribution is 2.20. The highest BCUT2D eigenvalue weighted by atomic mass is 35.5. The van der Waals surface area contributed by atoms with Crippen LogP contribution in [0.1, 0.15) is 38.5 Å². The maximum Gasteiger partial charge on any atom is 0.320 e. The van der Waals surface area contributed by atoms with E-state index >= 15 is 0 Å². The maximum absolute atomic E-state index is 12.5. The number of hydrogen-bond donors (Lipinski definition) is 2. The average molecular weight is 345 g/mol. The standard InChI is InChI=1S/C16H28N4O2.ClH/c21-15(18-14-5-7-17-8-6-14)13-4-3-11-20(12-13)16(22)19-9-1-2-10-19;/h13-14,17H,1-12H2,(H,18,21);1H. The molecule has 3 amide bonds. The number of hydrogen-bond acceptors (Lipinski definition) is 3. The third-order valence-corrected chi connectivity index (χ3v) is 5.12. The fourth-order valence-corrected chi connectivity index (χ4v) is 3.76. The number of amides is 3. The van der Waals surface area contributed by atoms with Crippen molar-refractivity contribution in [1.29, 1.82) is 0 Å². The Bertz CT molecular complexity index is 409. The lowest BCUT2D eigenvalue weighted by atomic mass is 9.96. The molecular weight excluding hydrogens is 316 g/mol. The van der Waals surface area contributed by atoms with E-state index in [0.29, 0.717) is 12.6 Å². The van der Waals surface area contributed by atoms with Gasteiger partial charge in [-0.15, -0.1) is 12.4 Å². The molecule has 1 atom stereocenters. The lowest BCUT2D eigenvalue weighted by Crippen LogP contribution is -2.51. The van der Waals surface area contributed by atoms with Gasteiger partial charge >= 0.3 is 6.03 Å². The van der Waals surface area contributed by atoms with Gasteiger partial charge in [-0.1, -0.05) is 0 Å². The van der Waals surface area contributed by atoms with E-state index in [4.69, 9.17) is 0 Å². The van der Waals surface area contributed by atoms with Crippen LogP contribution in [-0.2, 0) is 4.79 Å². The molecule has 3 heterocycles. The van der Waals surface area contributed by atoms with E-state index in [0.717, 1.165) is 71.2 Å². The molecule has 0 saturated carbocycles. The molecule has 0 aliphatic carbocycles. The van der Waals surface area contributed by atoms with Crippen LogP contribution in [0, 0.1) is 5.92 Å². The van der Waals surface area contributed by atoms with Crippen molar-refractivity contribution in [3.63, 3.8) is 0 Å². The number of carbonyl (C=O) groups excluding carboxylic acids is 2. The minimum absolute atomic E-state index is 0. The Morgan fingerprint density at radius 2 is 1.57 bits per heavy atom. The van der Waals surface area contributed by atoms with E-state index in [9.17, 15) is 9.59 Å². The predicted molar refractivity (Wildman–Crippen MR) is 91.8 cm³/mol. The third kappa shape index (κ3) is 4.73. The van der Waals surface area contributed by atoms with E-state index in [1.54, 1.807) is 0 Å². The van der Waals surface area contributed by atoms with Crippen molar-refractivity contribution in [3.05, 3.63) is 0 Å². The topological polar surface area (TPSA) is 64.7 Å². The number of piperidine rings is 2. The van der Waals surface area contributed by atoms with Crippen LogP contribution in [0.4, 0.5) is 4.79 Å². The highest BCUT2D eigenvalue weighted by molar-refractivity contribution is 5.85. The van der Waals surface area contributed by atoms with Crippen LogP contribution >= 0.6 is 12.4 Å². The fraction of sp³-hybridized carbons (Fsp3) is 0.875. The van der Waals surface area contributed by atoms with E-state index in [1.807, 2.05) is 9.80 Å². The second kappa shape index (κ2) is 8.73. The van der Waals surface area contributed by atoms with Crippen molar-refractivity contribution >= 4 is 24.3 Å². The van der Waals surface area contributed by atoms with Gasteiger partial charge in [-0.2, -0.15) is 0 Å². The second-order valence-corrected chi connectivity index (χ2v) is 6.79. The minimum atomic E-state index is -0.0322. The van der Waals surface area contributed by atoms with E-state index in [2.05, 4.69) is 10.6 Å². The van der Waals surface area contributed by atoms with E-state index in [-0.39, 0.29) is 30.3 Å². The first-order valence-electron chi connectivity index (χ1n) is 8.79. The van der Waals surface area contributed by atoms with Crippen LogP contribution < -0.4 is 10.6 Å². The summed E-state index contributed by atoms with van der Waals surface area (Å²) in [5.74, 6) is 0.112. The number of nitrogens with one attached hydrogen (secondary N) is 2. The first kappa shape index (κ1) is 18.3. The Morgan fingerprint density at radius 3 is 2.26 bits per heavy atom. The van der Waals surface area contributed by atoms with Gasteiger partial charge in [0.25, 0.3) is 0 Å². The Hall–Kier alpha value is -1.01. The summed E-state index contributed by atoms with van der Waals surface area (Å²) in [6.07, 6.45) is 6.08. The molecule has 0 spiro atoms. The van der Waals surface area contributed by atoms with Gasteiger partial charge in [0, 0.05) is 32.2 Å². The molecule has 3 aliphatic heterocycles. The summed E-state index contributed by atoms with van der Waals surface area (Å²) in [5, 5.41) is 6.50. The molecule has 0 aromatic rings. The van der Waals surface area contributed by atoms with Crippen LogP contribution in [-0.4, -0.2) is 67.0 Å². The molecule has 3 rings (SSSR count). The molecule has 2 N–H and O–H groups in total. The van der Waals surface area contributed by atoms with Gasteiger partial charge in [-0.25, -0.2) is 4.79 Å². The van der Waals surface area contributed by atoms with Crippen LogP contribution in [0.25, 0.3) is 0 Å². The Kier molecular flexibility index (Phi) is 6.96. The van der Waals surface area contributed by atoms with Crippen molar-refractivity contribution in [1.82, 2.24) is 20.4 Å². The average Bonchev–Trinajstić information content (AvgIpc) is 3.09. The zero-order valence-corrected chi connectivity index (χ0v) is 14.6. The molecule has 132 valence electrons. The molecule has 0 bridgehead atoms. The lowest BCUT2D eigenvalue weighted by Gasteiger charge is -2.35. The first-order valence-corrected chi connectivity index (χ1v) is 8.79. The number of urea groups is 1. The Labute approximate surface area is 144 Å². The molecule has 3 aliphatic rings. The van der Waals surface area contributed by atoms with Crippen LogP contribution in [0.3, 0.4) is 0 Å². The van der Waals surface area contributed by atoms with Gasteiger partial charge < -0.3 is 20.4 Å². The van der Waals surface area contributed by atoms with Gasteiger partial charge in [0.1, 0.15) is 0 Å². The van der Waals surface area contributed by atoms with Crippen molar-refractivity contribution < 1.29 is 9.59 Å². The van der Waals surface area contributed by atoms with E-state index in [1.165, 1.54) is 0 Å². The Morgan fingerprint density at radius 1 is 0.913 bits per heavy atom. The van der Waals surface area contributed by atoms with E-state index < -0.39 is 0 Å². The summed E-state index contributed by atoms with van der Waals surface area (Å²) in [4.78, 5) is 28.8. The fourth-order valence-electron chi connectivity index (χ4n) is 3.76. The minimum Gasteiger partial charge on any atom is -0.353 e. The monoisotopic (exact) mass is 344 g/mol. The summed E-state index contributed by atoms with van der Waals surface area (Å²) in [6.45, 7) is 5.10. The molecule has 0 aromatic carbocycles. The maximum atomic E-state index is 12.5. The second-order valence-electron chi connectivity index (χ2n) is 6.79. The number of rotatable bonds is 2. The molecule has 0 radical (unpaired) electrons. The number of likely N-dealkylation sites (tertiary alicyclic amines) is 2. The zero-order chi connectivity index (χ0) is 15.4. The smallest absolute Gasteiger partial charge is 0.320 e. The quantitative estimate of drug-likeness (QED) is 0.791. The lowest BCUT2D eigenvalue weighted by molar-refractivity contribution is -0.127. The van der Waals surface area contributed by atoms with Crippen molar-refractivity contribution in [2.24, 2.45) is 5.92 Å². The Balaban J connectivity index is 0.00000192. The summed E-state index contributed by atoms with van der Waals surface area (Å²) < 4.78 is 0. The van der Waals surface area contributed by atoms with Crippen LogP contribution in [0.2, 0.25) is 0 Å². The van der Waals surface area contributed by atoms with Gasteiger partial charge in [0.15, 0.2) is 0 Å². The molecule has 3 fully saturated rings. The molecular formula is C16H29ClN4O2. The number of carbonyl (C=O) groups is 2. The molecule has 3 saturated heterocycles. The normalized spacial score (nSPS) is 25.8. The molecule has 1 unspecified atom stereocenters. The third-order valence-electron chi connectivity index (χ3n) is 5.12. The van der Waals surface area contributed by atoms with Crippen molar-refractivity contribution in [2.75, 3.05) is 39.3 Å². The number of nitrogens with zero attached hydrogens (tertiary/aromatic N) is 2. The summed E-state index contributed by atoms with van der Waals surface area (Å²) in [6, 6.07) is 0.440. The first-order chi connectivity index (χ1) is 10.7. The largest absolute Gasteiger partial charge is 0.353 e. The van der Waals surface area contributed by atoms with Gasteiger partial charge in [0.05, 0.1) is 5.92 Å². The molecule has 23 heavy (non-hydrogen) atoms. The summed E-state index contributed by atoms with van der Waals surface area (Å²) in [5.41, 5.74) is 0. The zero-order valence-electron chi connectivity index (χ0n) is 13.8. The van der Waals surface area contributed by atoms with Gasteiger partial charge in [-0.3, -0.25) is 4.79 Å². The highest BCUT2D eigenvalue weighted by Gasteiger charge is 2.32. The summed E-state index contributed by atoms with van der Waals surface area (Å²) >= 11 is 0. The van der Waals surface area contributed by atoms with Crippen molar-refractivity contribution in [2.45, 2.75) is 44.6 Å². The van der Waals surface area contributed by atoms with Gasteiger partial charge in [-0.05, 0) is 51.6 Å². The summed E-state index contributed by atoms with van der Waals surface area (Å²) in [7, 11) is 0.